The molecule has 0 fully saturated rings. The summed E-state index contributed by atoms with van der Waals surface area (Å²) in [6.45, 7) is 0.0782. The third-order valence-electron chi connectivity index (χ3n) is 4.19. The molecule has 2 aromatic carbocycles. The van der Waals surface area contributed by atoms with Crippen LogP contribution in [0.1, 0.15) is 16.1 Å². The minimum absolute atomic E-state index is 0.0782. The van der Waals surface area contributed by atoms with Crippen LogP contribution in [0.4, 0.5) is 15.9 Å². The van der Waals surface area contributed by atoms with Gasteiger partial charge in [0.15, 0.2) is 11.5 Å². The Bertz CT molecular complexity index is 1130. The molecular formula is C21H16FN5O. The highest BCUT2D eigenvalue weighted by Gasteiger charge is 2.10. The van der Waals surface area contributed by atoms with Crippen LogP contribution >= 0.6 is 0 Å². The molecule has 0 spiro atoms. The molecule has 0 aliphatic carbocycles. The molecule has 2 aromatic heterocycles. The van der Waals surface area contributed by atoms with Crippen molar-refractivity contribution >= 4 is 28.3 Å². The first kappa shape index (κ1) is 17.5. The summed E-state index contributed by atoms with van der Waals surface area (Å²) in [5.41, 5.74) is 2.17. The number of hydrogen-bond acceptors (Lipinski definition) is 5. The summed E-state index contributed by atoms with van der Waals surface area (Å²) in [5.74, 6) is -0.296. The molecule has 0 saturated heterocycles. The van der Waals surface area contributed by atoms with Gasteiger partial charge in [0.1, 0.15) is 5.82 Å². The lowest BCUT2D eigenvalue weighted by atomic mass is 10.2. The van der Waals surface area contributed by atoms with Gasteiger partial charge in [0.25, 0.3) is 5.91 Å². The number of para-hydroxylation sites is 1. The molecule has 0 atom stereocenters. The topological polar surface area (TPSA) is 79.8 Å². The molecule has 0 saturated carbocycles. The van der Waals surface area contributed by atoms with Crippen molar-refractivity contribution in [2.45, 2.75) is 6.54 Å². The standard InChI is InChI=1S/C21H16FN5O/c22-16-8-2-1-5-15(16)13-24-21(28)18-10-11-19(27-26-18)25-17-9-3-6-14-7-4-12-23-20(14)17/h1-12H,13H2,(H,24,28)(H,25,27). The molecule has 0 aliphatic heterocycles. The largest absolute Gasteiger partial charge is 0.346 e. The zero-order valence-corrected chi connectivity index (χ0v) is 14.8. The quantitative estimate of drug-likeness (QED) is 0.556. The zero-order valence-electron chi connectivity index (χ0n) is 14.8. The highest BCUT2D eigenvalue weighted by atomic mass is 19.1. The molecule has 0 unspecified atom stereocenters. The van der Waals surface area contributed by atoms with Gasteiger partial charge in [-0.15, -0.1) is 10.2 Å². The lowest BCUT2D eigenvalue weighted by molar-refractivity contribution is 0.0944. The van der Waals surface area contributed by atoms with Crippen molar-refractivity contribution in [1.82, 2.24) is 20.5 Å². The van der Waals surface area contributed by atoms with Crippen molar-refractivity contribution < 1.29 is 9.18 Å². The maximum atomic E-state index is 13.6. The van der Waals surface area contributed by atoms with Crippen LogP contribution < -0.4 is 10.6 Å². The number of benzene rings is 2. The first-order valence-electron chi connectivity index (χ1n) is 8.67. The van der Waals surface area contributed by atoms with Gasteiger partial charge in [-0.1, -0.05) is 36.4 Å². The maximum absolute atomic E-state index is 13.6. The van der Waals surface area contributed by atoms with Crippen molar-refractivity contribution in [3.63, 3.8) is 0 Å². The van der Waals surface area contributed by atoms with Crippen LogP contribution in [0.25, 0.3) is 10.9 Å². The minimum Gasteiger partial charge on any atom is -0.346 e. The molecule has 6 nitrogen and oxygen atoms in total. The molecule has 2 N–H and O–H groups in total. The molecule has 1 amide bonds. The van der Waals surface area contributed by atoms with E-state index in [1.54, 1.807) is 36.5 Å². The number of halogens is 1. The summed E-state index contributed by atoms with van der Waals surface area (Å²) >= 11 is 0. The lowest BCUT2D eigenvalue weighted by Crippen LogP contribution is -2.24. The summed E-state index contributed by atoms with van der Waals surface area (Å²) in [6, 6.07) is 19.1. The molecule has 2 heterocycles. The van der Waals surface area contributed by atoms with Gasteiger partial charge in [0.05, 0.1) is 11.2 Å². The summed E-state index contributed by atoms with van der Waals surface area (Å²) in [4.78, 5) is 16.6. The number of fused-ring (bicyclic) bond motifs is 1. The van der Waals surface area contributed by atoms with Crippen molar-refractivity contribution in [2.75, 3.05) is 5.32 Å². The minimum atomic E-state index is -0.422. The maximum Gasteiger partial charge on any atom is 0.272 e. The Labute approximate surface area is 160 Å². The molecule has 4 aromatic rings. The van der Waals surface area contributed by atoms with E-state index in [1.165, 1.54) is 6.07 Å². The van der Waals surface area contributed by atoms with Gasteiger partial charge in [0.2, 0.25) is 0 Å². The average Bonchev–Trinajstić information content (AvgIpc) is 2.74. The number of amides is 1. The molecule has 138 valence electrons. The Morgan fingerprint density at radius 2 is 1.79 bits per heavy atom. The van der Waals surface area contributed by atoms with Gasteiger partial charge in [-0.05, 0) is 30.3 Å². The van der Waals surface area contributed by atoms with Crippen molar-refractivity contribution in [3.05, 3.63) is 90.0 Å². The van der Waals surface area contributed by atoms with Crippen LogP contribution in [-0.2, 0) is 6.54 Å². The number of carbonyl (C=O) groups excluding carboxylic acids is 1. The van der Waals surface area contributed by atoms with E-state index in [2.05, 4.69) is 25.8 Å². The van der Waals surface area contributed by atoms with E-state index in [-0.39, 0.29) is 18.1 Å². The fourth-order valence-electron chi connectivity index (χ4n) is 2.77. The van der Waals surface area contributed by atoms with Crippen LogP contribution in [0.2, 0.25) is 0 Å². The average molecular weight is 373 g/mol. The summed E-state index contributed by atoms with van der Waals surface area (Å²) < 4.78 is 13.6. The molecule has 0 radical (unpaired) electrons. The molecule has 0 bridgehead atoms. The molecular weight excluding hydrogens is 357 g/mol. The van der Waals surface area contributed by atoms with E-state index < -0.39 is 5.91 Å². The number of aromatic nitrogens is 3. The van der Waals surface area contributed by atoms with Crippen LogP contribution in [0.5, 0.6) is 0 Å². The van der Waals surface area contributed by atoms with Gasteiger partial charge in [-0.2, -0.15) is 0 Å². The second-order valence-corrected chi connectivity index (χ2v) is 6.08. The number of carbonyl (C=O) groups is 1. The van der Waals surface area contributed by atoms with Crippen LogP contribution in [0.15, 0.2) is 72.9 Å². The summed E-state index contributed by atoms with van der Waals surface area (Å²) in [7, 11) is 0. The predicted octanol–water partition coefficient (Wildman–Crippen LogP) is 3.84. The fourth-order valence-corrected chi connectivity index (χ4v) is 2.77. The Morgan fingerprint density at radius 3 is 2.61 bits per heavy atom. The van der Waals surface area contributed by atoms with Gasteiger partial charge in [0, 0.05) is 23.7 Å². The first-order valence-corrected chi connectivity index (χ1v) is 8.67. The second kappa shape index (κ2) is 7.79. The molecule has 7 heteroatoms. The highest BCUT2D eigenvalue weighted by Crippen LogP contribution is 2.23. The highest BCUT2D eigenvalue weighted by molar-refractivity contribution is 5.93. The number of hydrogen-bond donors (Lipinski definition) is 2. The smallest absolute Gasteiger partial charge is 0.272 e. The monoisotopic (exact) mass is 373 g/mol. The van der Waals surface area contributed by atoms with Crippen molar-refractivity contribution in [3.8, 4) is 0 Å². The normalized spacial score (nSPS) is 10.6. The van der Waals surface area contributed by atoms with E-state index in [1.807, 2.05) is 30.3 Å². The Hall–Kier alpha value is -3.87. The van der Waals surface area contributed by atoms with Crippen molar-refractivity contribution in [2.24, 2.45) is 0 Å². The van der Waals surface area contributed by atoms with E-state index in [4.69, 9.17) is 0 Å². The third kappa shape index (κ3) is 3.78. The fraction of sp³-hybridized carbons (Fsp3) is 0.0476. The first-order chi connectivity index (χ1) is 13.7. The number of nitrogens with one attached hydrogen (secondary N) is 2. The number of rotatable bonds is 5. The lowest BCUT2D eigenvalue weighted by Gasteiger charge is -2.09. The van der Waals surface area contributed by atoms with Gasteiger partial charge < -0.3 is 10.6 Å². The number of pyridine rings is 1. The summed E-state index contributed by atoms with van der Waals surface area (Å²) in [6.07, 6.45) is 1.72. The van der Waals surface area contributed by atoms with E-state index in [9.17, 15) is 9.18 Å². The Kier molecular flexibility index (Phi) is 4.88. The summed E-state index contributed by atoms with van der Waals surface area (Å²) in [5, 5.41) is 14.8. The third-order valence-corrected chi connectivity index (χ3v) is 4.19. The molecule has 4 rings (SSSR count). The predicted molar refractivity (Wildman–Crippen MR) is 105 cm³/mol. The number of anilines is 2. The van der Waals surface area contributed by atoms with Crippen LogP contribution in [-0.4, -0.2) is 21.1 Å². The van der Waals surface area contributed by atoms with Crippen LogP contribution in [0, 0.1) is 5.82 Å². The molecule has 28 heavy (non-hydrogen) atoms. The van der Waals surface area contributed by atoms with Crippen molar-refractivity contribution in [1.29, 1.82) is 0 Å². The van der Waals surface area contributed by atoms with E-state index in [0.717, 1.165) is 16.6 Å². The van der Waals surface area contributed by atoms with Gasteiger partial charge >= 0.3 is 0 Å². The van der Waals surface area contributed by atoms with Crippen LogP contribution in [0.3, 0.4) is 0 Å². The second-order valence-electron chi connectivity index (χ2n) is 6.08. The SMILES string of the molecule is O=C(NCc1ccccc1F)c1ccc(Nc2cccc3cccnc23)nn1. The Balaban J connectivity index is 1.45. The zero-order chi connectivity index (χ0) is 19.3. The van der Waals surface area contributed by atoms with Gasteiger partial charge in [-0.25, -0.2) is 4.39 Å². The number of nitrogens with zero attached hydrogens (tertiary/aromatic N) is 3. The van der Waals surface area contributed by atoms with E-state index >= 15 is 0 Å². The molecule has 0 aliphatic rings. The van der Waals surface area contributed by atoms with Gasteiger partial charge in [-0.3, -0.25) is 9.78 Å². The van der Waals surface area contributed by atoms with E-state index in [0.29, 0.717) is 11.4 Å². The Morgan fingerprint density at radius 1 is 0.929 bits per heavy atom.